The Bertz CT molecular complexity index is 261. The molecule has 0 aromatic rings. The summed E-state index contributed by atoms with van der Waals surface area (Å²) in [5.74, 6) is 0. The van der Waals surface area contributed by atoms with Crippen molar-refractivity contribution in [2.75, 3.05) is 11.5 Å². The van der Waals surface area contributed by atoms with Crippen molar-refractivity contribution >= 4 is 33.4 Å². The lowest BCUT2D eigenvalue weighted by atomic mass is 9.96. The van der Waals surface area contributed by atoms with Gasteiger partial charge in [0.15, 0.2) is 0 Å². The fraction of sp³-hybridized carbons (Fsp3) is 1.00. The molecule has 1 saturated carbocycles. The van der Waals surface area contributed by atoms with Gasteiger partial charge in [-0.15, -0.1) is 11.6 Å². The lowest BCUT2D eigenvalue weighted by Gasteiger charge is -2.27. The number of hydrogen-bond acceptors (Lipinski definition) is 3. The van der Waals surface area contributed by atoms with E-state index in [1.165, 1.54) is 0 Å². The van der Waals surface area contributed by atoms with Crippen molar-refractivity contribution in [1.29, 1.82) is 0 Å². The van der Waals surface area contributed by atoms with Gasteiger partial charge in [-0.05, 0) is 31.9 Å². The average molecular weight is 258 g/mol. The van der Waals surface area contributed by atoms with Crippen LogP contribution >= 0.6 is 23.4 Å². The van der Waals surface area contributed by atoms with Gasteiger partial charge in [0.1, 0.15) is 5.21 Å². The Morgan fingerprint density at radius 2 is 1.93 bits per heavy atom. The van der Waals surface area contributed by atoms with E-state index in [2.05, 4.69) is 11.0 Å². The fourth-order valence-electron chi connectivity index (χ4n) is 1.70. The summed E-state index contributed by atoms with van der Waals surface area (Å²) in [5, 5.41) is 0.363. The molecule has 14 heavy (non-hydrogen) atoms. The van der Waals surface area contributed by atoms with Gasteiger partial charge in [0.05, 0.1) is 0 Å². The number of hydrogen-bond donors (Lipinski definition) is 1. The first-order valence-electron chi connectivity index (χ1n) is 4.66. The van der Waals surface area contributed by atoms with Crippen LogP contribution in [0, 0.1) is 0 Å². The summed E-state index contributed by atoms with van der Waals surface area (Å²) in [4.78, 5) is 0. The van der Waals surface area contributed by atoms with E-state index < -0.39 is 10.0 Å². The van der Waals surface area contributed by atoms with E-state index in [1.54, 1.807) is 0 Å². The maximum atomic E-state index is 11.2. The first kappa shape index (κ1) is 12.6. The molecule has 0 atom stereocenters. The van der Waals surface area contributed by atoms with Gasteiger partial charge in [0, 0.05) is 11.3 Å². The van der Waals surface area contributed by atoms with E-state index in [1.807, 2.05) is 11.8 Å². The molecule has 1 N–H and O–H groups in total. The average Bonchev–Trinajstić information content (AvgIpc) is 2.19. The maximum Gasteiger partial charge on any atom is 0.225 e. The first-order chi connectivity index (χ1) is 6.57. The number of thioether (sulfide) groups is 1. The molecule has 0 aromatic carbocycles. The quantitative estimate of drug-likeness (QED) is 0.781. The van der Waals surface area contributed by atoms with Crippen molar-refractivity contribution in [2.45, 2.75) is 37.0 Å². The summed E-state index contributed by atoms with van der Waals surface area (Å²) < 4.78 is 25.0. The van der Waals surface area contributed by atoms with E-state index in [9.17, 15) is 8.42 Å². The minimum absolute atomic E-state index is 0.0992. The molecule has 0 spiro atoms. The van der Waals surface area contributed by atoms with Crippen molar-refractivity contribution in [3.8, 4) is 0 Å². The standard InChI is InChI=1S/C8H16ClNO2S2/c1-13-8-4-2-7(3-5-8)10-14(11,12)6-9/h7-8,10H,2-6H2,1H3. The highest BCUT2D eigenvalue weighted by Gasteiger charge is 2.23. The van der Waals surface area contributed by atoms with Crippen molar-refractivity contribution in [1.82, 2.24) is 4.72 Å². The Morgan fingerprint density at radius 1 is 1.36 bits per heavy atom. The Labute approximate surface area is 95.0 Å². The predicted octanol–water partition coefficient (Wildman–Crippen LogP) is 1.78. The predicted molar refractivity (Wildman–Crippen MR) is 62.3 cm³/mol. The number of halogens is 1. The summed E-state index contributed by atoms with van der Waals surface area (Å²) in [5.41, 5.74) is 0. The maximum absolute atomic E-state index is 11.2. The van der Waals surface area contributed by atoms with Gasteiger partial charge in [-0.2, -0.15) is 11.8 Å². The van der Waals surface area contributed by atoms with E-state index in [0.717, 1.165) is 25.7 Å². The smallest absolute Gasteiger partial charge is 0.211 e. The summed E-state index contributed by atoms with van der Waals surface area (Å²) >= 11 is 7.18. The Balaban J connectivity index is 2.36. The van der Waals surface area contributed by atoms with Crippen LogP contribution in [-0.2, 0) is 10.0 Å². The summed E-state index contributed by atoms with van der Waals surface area (Å²) in [7, 11) is -3.23. The number of sulfonamides is 1. The van der Waals surface area contributed by atoms with Gasteiger partial charge in [-0.1, -0.05) is 0 Å². The van der Waals surface area contributed by atoms with Crippen molar-refractivity contribution < 1.29 is 8.42 Å². The third kappa shape index (κ3) is 3.96. The van der Waals surface area contributed by atoms with Crippen LogP contribution in [0.4, 0.5) is 0 Å². The highest BCUT2D eigenvalue weighted by Crippen LogP contribution is 2.27. The lowest BCUT2D eigenvalue weighted by Crippen LogP contribution is -2.38. The molecule has 1 aliphatic carbocycles. The normalized spacial score (nSPS) is 29.0. The van der Waals surface area contributed by atoms with E-state index in [4.69, 9.17) is 11.6 Å². The fourth-order valence-corrected chi connectivity index (χ4v) is 3.44. The van der Waals surface area contributed by atoms with Crippen LogP contribution in [0.2, 0.25) is 0 Å². The van der Waals surface area contributed by atoms with Gasteiger partial charge in [-0.25, -0.2) is 13.1 Å². The molecular weight excluding hydrogens is 242 g/mol. The van der Waals surface area contributed by atoms with Crippen molar-refractivity contribution in [3.05, 3.63) is 0 Å². The minimum Gasteiger partial charge on any atom is -0.211 e. The van der Waals surface area contributed by atoms with Gasteiger partial charge >= 0.3 is 0 Å². The number of rotatable bonds is 4. The second-order valence-corrected chi connectivity index (χ2v) is 7.03. The van der Waals surface area contributed by atoms with Crippen molar-refractivity contribution in [3.63, 3.8) is 0 Å². The molecule has 0 bridgehead atoms. The zero-order valence-electron chi connectivity index (χ0n) is 8.20. The highest BCUT2D eigenvalue weighted by molar-refractivity contribution is 7.99. The third-order valence-electron chi connectivity index (χ3n) is 2.50. The largest absolute Gasteiger partial charge is 0.225 e. The molecule has 1 aliphatic rings. The van der Waals surface area contributed by atoms with Crippen LogP contribution in [0.15, 0.2) is 0 Å². The van der Waals surface area contributed by atoms with E-state index in [0.29, 0.717) is 5.25 Å². The summed E-state index contributed by atoms with van der Waals surface area (Å²) in [6, 6.07) is 0.0992. The summed E-state index contributed by atoms with van der Waals surface area (Å²) in [6.45, 7) is 0. The van der Waals surface area contributed by atoms with Crippen LogP contribution < -0.4 is 4.72 Å². The molecule has 84 valence electrons. The van der Waals surface area contributed by atoms with E-state index in [-0.39, 0.29) is 11.3 Å². The molecule has 6 heteroatoms. The second-order valence-electron chi connectivity index (χ2n) is 3.55. The number of nitrogens with one attached hydrogen (secondary N) is 1. The van der Waals surface area contributed by atoms with Crippen LogP contribution in [0.5, 0.6) is 0 Å². The zero-order chi connectivity index (χ0) is 10.6. The van der Waals surface area contributed by atoms with Gasteiger partial charge < -0.3 is 0 Å². The molecule has 0 saturated heterocycles. The van der Waals surface area contributed by atoms with Crippen LogP contribution in [-0.4, -0.2) is 31.2 Å². The van der Waals surface area contributed by atoms with Crippen LogP contribution in [0.3, 0.4) is 0 Å². The first-order valence-corrected chi connectivity index (χ1v) is 8.13. The van der Waals surface area contributed by atoms with Gasteiger partial charge in [0.25, 0.3) is 0 Å². The van der Waals surface area contributed by atoms with Crippen LogP contribution in [0.1, 0.15) is 25.7 Å². The molecule has 0 radical (unpaired) electrons. The topological polar surface area (TPSA) is 46.2 Å². The molecule has 1 rings (SSSR count). The SMILES string of the molecule is CSC1CCC(NS(=O)(=O)CCl)CC1. The minimum atomic E-state index is -3.23. The second kappa shape index (κ2) is 5.58. The van der Waals surface area contributed by atoms with Crippen LogP contribution in [0.25, 0.3) is 0 Å². The zero-order valence-corrected chi connectivity index (χ0v) is 10.6. The summed E-state index contributed by atoms with van der Waals surface area (Å²) in [6.07, 6.45) is 6.16. The lowest BCUT2D eigenvalue weighted by molar-refractivity contribution is 0.420. The molecule has 0 aromatic heterocycles. The monoisotopic (exact) mass is 257 g/mol. The molecule has 1 fully saturated rings. The molecule has 0 heterocycles. The van der Waals surface area contributed by atoms with Crippen molar-refractivity contribution in [2.24, 2.45) is 0 Å². The Kier molecular flexibility index (Phi) is 5.03. The van der Waals surface area contributed by atoms with Gasteiger partial charge in [0.2, 0.25) is 10.0 Å². The molecule has 0 aliphatic heterocycles. The number of alkyl halides is 1. The highest BCUT2D eigenvalue weighted by atomic mass is 35.5. The third-order valence-corrected chi connectivity index (χ3v) is 5.48. The van der Waals surface area contributed by atoms with Gasteiger partial charge in [-0.3, -0.25) is 0 Å². The Hall–Kier alpha value is 0.550. The molecule has 0 unspecified atom stereocenters. The van der Waals surface area contributed by atoms with E-state index >= 15 is 0 Å². The molecule has 0 amide bonds. The molecule has 3 nitrogen and oxygen atoms in total. The molecular formula is C8H16ClNO2S2. The Morgan fingerprint density at radius 3 is 2.36 bits per heavy atom.